The number of alkyl halides is 1. The Morgan fingerprint density at radius 2 is 1.90 bits per heavy atom. The summed E-state index contributed by atoms with van der Waals surface area (Å²) in [4.78, 5) is 0.195. The molecule has 20 heavy (non-hydrogen) atoms. The zero-order valence-corrected chi connectivity index (χ0v) is 13.5. The number of halogens is 1. The number of rotatable bonds is 0. The Labute approximate surface area is 127 Å². The van der Waals surface area contributed by atoms with Crippen LogP contribution in [0, 0.1) is 10.8 Å². The van der Waals surface area contributed by atoms with Crippen LogP contribution in [0.3, 0.4) is 0 Å². The first kappa shape index (κ1) is 12.8. The van der Waals surface area contributed by atoms with Crippen molar-refractivity contribution in [1.29, 1.82) is 0 Å². The molecule has 0 radical (unpaired) electrons. The minimum Gasteiger partial charge on any atom is -0.392 e. The minimum atomic E-state index is -0.356. The first-order chi connectivity index (χ1) is 9.40. The normalized spacial score (nSPS) is 70.2. The molecule has 0 amide bonds. The molecule has 4 bridgehead atoms. The van der Waals surface area contributed by atoms with Crippen molar-refractivity contribution >= 4 is 15.9 Å². The Morgan fingerprint density at radius 1 is 1.15 bits per heavy atom. The monoisotopic (exact) mass is 344 g/mol. The maximum Gasteiger partial charge on any atom is 0.126 e. The van der Waals surface area contributed by atoms with Crippen LogP contribution in [0.25, 0.3) is 0 Å². The number of aliphatic hydroxyl groups is 1. The number of ether oxygens (including phenoxy) is 3. The Kier molecular flexibility index (Phi) is 2.12. The lowest BCUT2D eigenvalue weighted by molar-refractivity contribution is -0.316. The average molecular weight is 345 g/mol. The van der Waals surface area contributed by atoms with Crippen molar-refractivity contribution in [2.45, 2.75) is 67.5 Å². The second-order valence-electron chi connectivity index (χ2n) is 7.84. The van der Waals surface area contributed by atoms with E-state index in [9.17, 15) is 5.11 Å². The largest absolute Gasteiger partial charge is 0.392 e. The molecule has 1 N–H and O–H groups in total. The predicted octanol–water partition coefficient (Wildman–Crippen LogP) is 1.63. The van der Waals surface area contributed by atoms with E-state index >= 15 is 0 Å². The third-order valence-corrected chi connectivity index (χ3v) is 8.87. The molecule has 0 unspecified atom stereocenters. The molecule has 0 aromatic carbocycles. The topological polar surface area (TPSA) is 51.2 Å². The second kappa shape index (κ2) is 3.30. The van der Waals surface area contributed by atoms with Gasteiger partial charge in [-0.2, -0.15) is 0 Å². The van der Waals surface area contributed by atoms with Crippen molar-refractivity contribution in [3.63, 3.8) is 0 Å². The SMILES string of the molecule is C[C@@]12[C@H](O)C[C@@H](O[C@@H]3[C@H](Br)[C@]4(C)CC[C@@]31CO4)[C@@]21CO1. The van der Waals surface area contributed by atoms with Gasteiger partial charge in [-0.1, -0.05) is 22.9 Å². The van der Waals surface area contributed by atoms with Gasteiger partial charge >= 0.3 is 0 Å². The third kappa shape index (κ3) is 1.02. The third-order valence-electron chi connectivity index (χ3n) is 7.42. The molecular weight excluding hydrogens is 324 g/mol. The molecule has 5 heteroatoms. The first-order valence-electron chi connectivity index (χ1n) is 7.65. The summed E-state index contributed by atoms with van der Waals surface area (Å²) in [6.07, 6.45) is 2.59. The van der Waals surface area contributed by atoms with Crippen LogP contribution in [0.2, 0.25) is 0 Å². The zero-order valence-electron chi connectivity index (χ0n) is 11.9. The number of hydrogen-bond donors (Lipinski definition) is 1. The van der Waals surface area contributed by atoms with Gasteiger partial charge in [-0.15, -0.1) is 0 Å². The maximum absolute atomic E-state index is 10.8. The van der Waals surface area contributed by atoms with E-state index in [1.165, 1.54) is 0 Å². The Bertz CT molecular complexity index is 482. The molecular formula is C15H21BrO4. The molecule has 0 aromatic rings. The molecule has 112 valence electrons. The van der Waals surface area contributed by atoms with Gasteiger partial charge in [0.05, 0.1) is 42.0 Å². The van der Waals surface area contributed by atoms with Crippen molar-refractivity contribution in [2.75, 3.05) is 13.2 Å². The quantitative estimate of drug-likeness (QED) is 0.536. The van der Waals surface area contributed by atoms with Gasteiger partial charge in [0.15, 0.2) is 0 Å². The fourth-order valence-corrected chi connectivity index (χ4v) is 6.75. The van der Waals surface area contributed by atoms with Crippen LogP contribution in [-0.2, 0) is 14.2 Å². The molecule has 6 fully saturated rings. The molecule has 0 aromatic heterocycles. The summed E-state index contributed by atoms with van der Waals surface area (Å²) < 4.78 is 18.6. The second-order valence-corrected chi connectivity index (χ2v) is 8.82. The van der Waals surface area contributed by atoms with Gasteiger partial charge in [0, 0.05) is 17.3 Å². The van der Waals surface area contributed by atoms with Gasteiger partial charge in [0.25, 0.3) is 0 Å². The summed E-state index contributed by atoms with van der Waals surface area (Å²) in [6, 6.07) is 0. The van der Waals surface area contributed by atoms with Crippen LogP contribution in [-0.4, -0.2) is 52.7 Å². The van der Waals surface area contributed by atoms with E-state index in [-0.39, 0.29) is 45.2 Å². The van der Waals surface area contributed by atoms with Crippen LogP contribution >= 0.6 is 15.9 Å². The van der Waals surface area contributed by atoms with E-state index in [0.717, 1.165) is 19.4 Å². The van der Waals surface area contributed by atoms with E-state index in [1.807, 2.05) is 0 Å². The van der Waals surface area contributed by atoms with E-state index < -0.39 is 0 Å². The lowest BCUT2D eigenvalue weighted by Crippen LogP contribution is -2.76. The number of fused-ring (bicyclic) bond motifs is 2. The Hall–Kier alpha value is 0.320. The van der Waals surface area contributed by atoms with Gasteiger partial charge in [-0.3, -0.25) is 0 Å². The van der Waals surface area contributed by atoms with Crippen molar-refractivity contribution in [2.24, 2.45) is 10.8 Å². The van der Waals surface area contributed by atoms with Crippen LogP contribution in [0.1, 0.15) is 33.1 Å². The van der Waals surface area contributed by atoms with E-state index in [4.69, 9.17) is 14.2 Å². The molecule has 4 heterocycles. The summed E-state index contributed by atoms with van der Waals surface area (Å²) in [6.45, 7) is 5.81. The molecule has 4 nitrogen and oxygen atoms in total. The van der Waals surface area contributed by atoms with Crippen molar-refractivity contribution in [1.82, 2.24) is 0 Å². The van der Waals surface area contributed by atoms with Gasteiger partial charge in [0.2, 0.25) is 0 Å². The Morgan fingerprint density at radius 3 is 2.50 bits per heavy atom. The van der Waals surface area contributed by atoms with Gasteiger partial charge < -0.3 is 19.3 Å². The highest BCUT2D eigenvalue weighted by molar-refractivity contribution is 9.09. The summed E-state index contributed by atoms with van der Waals surface area (Å²) in [5, 5.41) is 10.8. The van der Waals surface area contributed by atoms with Gasteiger partial charge in [-0.05, 0) is 19.8 Å². The highest BCUT2D eigenvalue weighted by atomic mass is 79.9. The molecule has 6 aliphatic rings. The predicted molar refractivity (Wildman–Crippen MR) is 74.8 cm³/mol. The maximum atomic E-state index is 10.8. The number of aliphatic hydroxyl groups excluding tert-OH is 1. The van der Waals surface area contributed by atoms with E-state index in [0.29, 0.717) is 13.0 Å². The highest BCUT2D eigenvalue weighted by Gasteiger charge is 2.84. The molecule has 2 spiro atoms. The summed E-state index contributed by atoms with van der Waals surface area (Å²) in [5.41, 5.74) is -0.768. The standard InChI is InChI=1S/C15H21BrO4/c1-12-3-4-14(6-18-12)11(10(12)16)20-9-5-8(17)13(14,2)15(9)7-19-15/h8-11,17H,3-7H2,1-2H3/t8-,9-,10+,11-,12+,13-,14-,15+/m1/s1. The van der Waals surface area contributed by atoms with Gasteiger partial charge in [-0.25, -0.2) is 0 Å². The number of epoxide rings is 1. The van der Waals surface area contributed by atoms with E-state index in [1.54, 1.807) is 0 Å². The van der Waals surface area contributed by atoms with Crippen LogP contribution in [0.15, 0.2) is 0 Å². The molecule has 6 rings (SSSR count). The minimum absolute atomic E-state index is 0.0427. The van der Waals surface area contributed by atoms with E-state index in [2.05, 4.69) is 29.8 Å². The van der Waals surface area contributed by atoms with Crippen molar-refractivity contribution in [3.05, 3.63) is 0 Å². The van der Waals surface area contributed by atoms with Crippen LogP contribution in [0.5, 0.6) is 0 Å². The summed E-state index contributed by atoms with van der Waals surface area (Å²) in [7, 11) is 0. The average Bonchev–Trinajstić information content (AvgIpc) is 3.19. The molecule has 4 saturated heterocycles. The van der Waals surface area contributed by atoms with Crippen LogP contribution in [0.4, 0.5) is 0 Å². The zero-order chi connectivity index (χ0) is 14.0. The smallest absolute Gasteiger partial charge is 0.126 e. The number of hydrogen-bond acceptors (Lipinski definition) is 4. The molecule has 4 aliphatic heterocycles. The summed E-state index contributed by atoms with van der Waals surface area (Å²) in [5.74, 6) is 0. The van der Waals surface area contributed by atoms with Gasteiger partial charge in [0.1, 0.15) is 5.60 Å². The lowest BCUT2D eigenvalue weighted by Gasteiger charge is -2.67. The van der Waals surface area contributed by atoms with Crippen molar-refractivity contribution < 1.29 is 19.3 Å². The molecule has 2 aliphatic carbocycles. The highest BCUT2D eigenvalue weighted by Crippen LogP contribution is 2.74. The molecule has 8 atom stereocenters. The first-order valence-corrected chi connectivity index (χ1v) is 8.57. The van der Waals surface area contributed by atoms with Crippen LogP contribution < -0.4 is 0 Å². The summed E-state index contributed by atoms with van der Waals surface area (Å²) >= 11 is 3.85. The lowest BCUT2D eigenvalue weighted by atomic mass is 9.48. The molecule has 2 saturated carbocycles. The fraction of sp³-hybridized carbons (Fsp3) is 1.00. The Balaban J connectivity index is 1.71. The van der Waals surface area contributed by atoms with Crippen molar-refractivity contribution in [3.8, 4) is 0 Å². The fourth-order valence-electron chi connectivity index (χ4n) is 5.76.